The van der Waals surface area contributed by atoms with Crippen LogP contribution < -0.4 is 10.6 Å². The van der Waals surface area contributed by atoms with Crippen LogP contribution in [0.5, 0.6) is 0 Å². The molecule has 0 aliphatic rings. The number of halogens is 4. The Hall–Kier alpha value is -2.54. The average molecular weight is 399 g/mol. The van der Waals surface area contributed by atoms with E-state index < -0.39 is 35.0 Å². The molecule has 2 aromatic rings. The van der Waals surface area contributed by atoms with Crippen molar-refractivity contribution in [2.75, 3.05) is 10.6 Å². The van der Waals surface area contributed by atoms with Gasteiger partial charge in [0, 0.05) is 11.4 Å². The van der Waals surface area contributed by atoms with Crippen molar-refractivity contribution in [3.05, 3.63) is 58.6 Å². The molecule has 0 unspecified atom stereocenters. The summed E-state index contributed by atoms with van der Waals surface area (Å²) in [6.45, 7) is 3.94. The number of nitrogens with one attached hydrogen (secondary N) is 2. The van der Waals surface area contributed by atoms with Crippen LogP contribution >= 0.6 is 11.6 Å². The lowest BCUT2D eigenvalue weighted by molar-refractivity contribution is -0.137. The Morgan fingerprint density at radius 1 is 1.04 bits per heavy atom. The zero-order valence-electron chi connectivity index (χ0n) is 14.7. The van der Waals surface area contributed by atoms with Gasteiger partial charge in [-0.15, -0.1) is 0 Å². The first-order valence-electron chi connectivity index (χ1n) is 8.13. The predicted octanol–water partition coefficient (Wildman–Crippen LogP) is 5.45. The Bertz CT molecular complexity index is 851. The van der Waals surface area contributed by atoms with Crippen LogP contribution in [-0.4, -0.2) is 11.8 Å². The Morgan fingerprint density at radius 3 is 2.30 bits per heavy atom. The van der Waals surface area contributed by atoms with E-state index in [4.69, 9.17) is 11.6 Å². The molecule has 0 aliphatic carbocycles. The molecule has 2 amide bonds. The summed E-state index contributed by atoms with van der Waals surface area (Å²) in [4.78, 5) is 24.1. The van der Waals surface area contributed by atoms with E-state index in [1.807, 2.05) is 26.0 Å². The average Bonchev–Trinajstić information content (AvgIpc) is 2.55. The van der Waals surface area contributed by atoms with Crippen molar-refractivity contribution < 1.29 is 22.8 Å². The predicted molar refractivity (Wildman–Crippen MR) is 98.9 cm³/mol. The summed E-state index contributed by atoms with van der Waals surface area (Å²) in [5, 5.41) is 4.46. The lowest BCUT2D eigenvalue weighted by Gasteiger charge is -2.14. The van der Waals surface area contributed by atoms with Gasteiger partial charge < -0.3 is 10.6 Å². The Morgan fingerprint density at radius 2 is 1.67 bits per heavy atom. The fourth-order valence-electron chi connectivity index (χ4n) is 2.48. The topological polar surface area (TPSA) is 58.2 Å². The number of carbonyl (C=O) groups is 2. The second-order valence-electron chi connectivity index (χ2n) is 6.21. The van der Waals surface area contributed by atoms with E-state index in [0.29, 0.717) is 5.69 Å². The van der Waals surface area contributed by atoms with E-state index in [2.05, 4.69) is 10.6 Å². The molecule has 0 bridgehead atoms. The van der Waals surface area contributed by atoms with Crippen molar-refractivity contribution in [1.29, 1.82) is 0 Å². The Kier molecular flexibility index (Phi) is 6.49. The van der Waals surface area contributed by atoms with Crippen molar-refractivity contribution in [3.8, 4) is 0 Å². The lowest BCUT2D eigenvalue weighted by Crippen LogP contribution is -2.22. The minimum atomic E-state index is -4.64. The number of anilines is 2. The van der Waals surface area contributed by atoms with Gasteiger partial charge in [0.15, 0.2) is 0 Å². The Balaban J connectivity index is 2.03. The van der Waals surface area contributed by atoms with Crippen LogP contribution in [0, 0.1) is 0 Å². The third-order valence-electron chi connectivity index (χ3n) is 3.73. The first kappa shape index (κ1) is 20.8. The summed E-state index contributed by atoms with van der Waals surface area (Å²) in [6.07, 6.45) is -5.17. The quantitative estimate of drug-likeness (QED) is 0.658. The maximum absolute atomic E-state index is 12.9. The number of hydrogen-bond acceptors (Lipinski definition) is 2. The summed E-state index contributed by atoms with van der Waals surface area (Å²) >= 11 is 5.54. The van der Waals surface area contributed by atoms with Gasteiger partial charge in [-0.3, -0.25) is 9.59 Å². The molecule has 2 rings (SSSR count). The second-order valence-corrected chi connectivity index (χ2v) is 6.61. The molecule has 0 atom stereocenters. The molecule has 0 saturated carbocycles. The lowest BCUT2D eigenvalue weighted by atomic mass is 10.0. The highest BCUT2D eigenvalue weighted by molar-refractivity contribution is 6.31. The van der Waals surface area contributed by atoms with Crippen LogP contribution in [0.4, 0.5) is 24.5 Å². The third kappa shape index (κ3) is 5.72. The molecule has 2 N–H and O–H groups in total. The first-order valence-corrected chi connectivity index (χ1v) is 8.51. The summed E-state index contributed by atoms with van der Waals surface area (Å²) in [6, 6.07) is 10.2. The number of hydrogen-bond donors (Lipinski definition) is 2. The van der Waals surface area contributed by atoms with Crippen LogP contribution in [-0.2, 0) is 15.8 Å². The van der Waals surface area contributed by atoms with Gasteiger partial charge in [0.05, 0.1) is 10.6 Å². The number of amides is 2. The normalized spacial score (nSPS) is 11.4. The van der Waals surface area contributed by atoms with Gasteiger partial charge in [-0.2, -0.15) is 13.2 Å². The number of carbonyl (C=O) groups excluding carboxylic acids is 2. The largest absolute Gasteiger partial charge is 0.417 e. The molecule has 2 aromatic carbocycles. The molecule has 0 saturated heterocycles. The standard InChI is InChI=1S/C19H18ClF3N2O2/c1-11(2)13-5-3-4-6-16(13)25-18(27)10-17(26)24-12-7-8-15(20)14(9-12)19(21,22)23/h3-9,11H,10H2,1-2H3,(H,24,26)(H,25,27). The highest BCUT2D eigenvalue weighted by atomic mass is 35.5. The zero-order valence-corrected chi connectivity index (χ0v) is 15.4. The molecule has 27 heavy (non-hydrogen) atoms. The third-order valence-corrected chi connectivity index (χ3v) is 4.06. The monoisotopic (exact) mass is 398 g/mol. The highest BCUT2D eigenvalue weighted by Crippen LogP contribution is 2.36. The maximum atomic E-state index is 12.9. The van der Waals surface area contributed by atoms with Gasteiger partial charge >= 0.3 is 6.18 Å². The Labute approximate surface area is 159 Å². The first-order chi connectivity index (χ1) is 12.6. The van der Waals surface area contributed by atoms with Crippen molar-refractivity contribution in [1.82, 2.24) is 0 Å². The fraction of sp³-hybridized carbons (Fsp3) is 0.263. The number of rotatable bonds is 5. The molecular formula is C19H18ClF3N2O2. The van der Waals surface area contributed by atoms with Gasteiger partial charge in [0.2, 0.25) is 11.8 Å². The molecule has 4 nitrogen and oxygen atoms in total. The van der Waals surface area contributed by atoms with Crippen LogP contribution in [0.25, 0.3) is 0 Å². The number of alkyl halides is 3. The molecular weight excluding hydrogens is 381 g/mol. The molecule has 0 spiro atoms. The van der Waals surface area contributed by atoms with Crippen LogP contribution in [0.2, 0.25) is 5.02 Å². The SMILES string of the molecule is CC(C)c1ccccc1NC(=O)CC(=O)Nc1ccc(Cl)c(C(F)(F)F)c1. The van der Waals surface area contributed by atoms with E-state index in [9.17, 15) is 22.8 Å². The van der Waals surface area contributed by atoms with Crippen molar-refractivity contribution >= 4 is 34.8 Å². The summed E-state index contributed by atoms with van der Waals surface area (Å²) in [5.74, 6) is -1.12. The second kappa shape index (κ2) is 8.43. The van der Waals surface area contributed by atoms with Gasteiger partial charge in [-0.25, -0.2) is 0 Å². The van der Waals surface area contributed by atoms with E-state index in [-0.39, 0.29) is 11.6 Å². The fourth-order valence-corrected chi connectivity index (χ4v) is 2.70. The van der Waals surface area contributed by atoms with Crippen LogP contribution in [0.15, 0.2) is 42.5 Å². The molecule has 0 fully saturated rings. The summed E-state index contributed by atoms with van der Waals surface area (Å²) in [7, 11) is 0. The number of para-hydroxylation sites is 1. The number of benzene rings is 2. The maximum Gasteiger partial charge on any atom is 0.417 e. The summed E-state index contributed by atoms with van der Waals surface area (Å²) in [5.41, 5.74) is 0.360. The molecule has 0 heterocycles. The van der Waals surface area contributed by atoms with Gasteiger partial charge in [-0.1, -0.05) is 43.6 Å². The van der Waals surface area contributed by atoms with E-state index in [1.165, 1.54) is 6.07 Å². The van der Waals surface area contributed by atoms with Crippen molar-refractivity contribution in [2.24, 2.45) is 0 Å². The van der Waals surface area contributed by atoms with E-state index in [0.717, 1.165) is 17.7 Å². The smallest absolute Gasteiger partial charge is 0.326 e. The molecule has 144 valence electrons. The molecule has 8 heteroatoms. The van der Waals surface area contributed by atoms with E-state index in [1.54, 1.807) is 12.1 Å². The molecule has 0 aliphatic heterocycles. The van der Waals surface area contributed by atoms with Gasteiger partial charge in [0.25, 0.3) is 0 Å². The van der Waals surface area contributed by atoms with Crippen molar-refractivity contribution in [3.63, 3.8) is 0 Å². The van der Waals surface area contributed by atoms with E-state index >= 15 is 0 Å². The van der Waals surface area contributed by atoms with Crippen molar-refractivity contribution in [2.45, 2.75) is 32.4 Å². The van der Waals surface area contributed by atoms with Crippen LogP contribution in [0.3, 0.4) is 0 Å². The molecule has 0 radical (unpaired) electrons. The van der Waals surface area contributed by atoms with Gasteiger partial charge in [0.1, 0.15) is 6.42 Å². The van der Waals surface area contributed by atoms with Gasteiger partial charge in [-0.05, 0) is 35.7 Å². The zero-order chi connectivity index (χ0) is 20.2. The summed E-state index contributed by atoms with van der Waals surface area (Å²) < 4.78 is 38.6. The minimum absolute atomic E-state index is 0.0906. The molecule has 0 aromatic heterocycles. The van der Waals surface area contributed by atoms with Crippen LogP contribution in [0.1, 0.15) is 37.3 Å². The highest BCUT2D eigenvalue weighted by Gasteiger charge is 2.33. The minimum Gasteiger partial charge on any atom is -0.326 e.